The van der Waals surface area contributed by atoms with Crippen molar-refractivity contribution >= 4 is 33.4 Å². The first-order valence-electron chi connectivity index (χ1n) is 8.72. The minimum absolute atomic E-state index is 0.0913. The fourth-order valence-corrected chi connectivity index (χ4v) is 4.51. The molecule has 3 rings (SSSR count). The van der Waals surface area contributed by atoms with Crippen LogP contribution in [0, 0.1) is 5.82 Å². The van der Waals surface area contributed by atoms with Crippen LogP contribution >= 0.6 is 11.6 Å². The number of amides is 1. The molecule has 0 aliphatic carbocycles. The lowest BCUT2D eigenvalue weighted by molar-refractivity contribution is -0.274. The monoisotopic (exact) mass is 481 g/mol. The fraction of sp³-hybridized carbons (Fsp3) is 0.278. The number of carbonyl (C=O) groups excluding carboxylic acids is 1. The first kappa shape index (κ1) is 23.3. The Morgan fingerprint density at radius 2 is 1.97 bits per heavy atom. The number of rotatable bonds is 4. The third-order valence-electron chi connectivity index (χ3n) is 4.55. The Bertz CT molecular complexity index is 1100. The summed E-state index contributed by atoms with van der Waals surface area (Å²) in [6, 6.07) is 6.07. The minimum atomic E-state index is -4.91. The second kappa shape index (κ2) is 8.61. The summed E-state index contributed by atoms with van der Waals surface area (Å²) in [6.45, 7) is 0. The Balaban J connectivity index is 1.84. The topological polar surface area (TPSA) is 87.7 Å². The highest BCUT2D eigenvalue weighted by atomic mass is 35.5. The molecule has 7 nitrogen and oxygen atoms in total. The molecule has 1 aliphatic heterocycles. The van der Waals surface area contributed by atoms with Gasteiger partial charge in [-0.2, -0.15) is 17.4 Å². The van der Waals surface area contributed by atoms with E-state index in [0.29, 0.717) is 0 Å². The van der Waals surface area contributed by atoms with E-state index in [-0.39, 0.29) is 22.7 Å². The van der Waals surface area contributed by atoms with Crippen molar-refractivity contribution in [3.8, 4) is 5.75 Å². The predicted molar refractivity (Wildman–Crippen MR) is 104 cm³/mol. The Morgan fingerprint density at radius 1 is 1.26 bits per heavy atom. The number of nitrogens with one attached hydrogen (secondary N) is 2. The van der Waals surface area contributed by atoms with Gasteiger partial charge in [0.15, 0.2) is 0 Å². The van der Waals surface area contributed by atoms with Crippen LogP contribution in [0.5, 0.6) is 5.75 Å². The molecule has 0 saturated carbocycles. The molecular formula is C18H16ClF4N3O4S. The molecule has 1 aliphatic rings. The molecule has 2 aromatic carbocycles. The van der Waals surface area contributed by atoms with Crippen LogP contribution in [0.3, 0.4) is 0 Å². The average Bonchev–Trinajstić information content (AvgIpc) is 2.65. The van der Waals surface area contributed by atoms with E-state index in [0.717, 1.165) is 22.5 Å². The highest BCUT2D eigenvalue weighted by Crippen LogP contribution is 2.32. The van der Waals surface area contributed by atoms with Gasteiger partial charge in [-0.05, 0) is 42.3 Å². The van der Waals surface area contributed by atoms with Gasteiger partial charge in [0.2, 0.25) is 5.91 Å². The third-order valence-corrected chi connectivity index (χ3v) is 6.44. The van der Waals surface area contributed by atoms with Crippen LogP contribution in [-0.2, 0) is 15.0 Å². The van der Waals surface area contributed by atoms with Gasteiger partial charge < -0.3 is 10.1 Å². The van der Waals surface area contributed by atoms with E-state index in [4.69, 9.17) is 11.6 Å². The van der Waals surface area contributed by atoms with Gasteiger partial charge in [0, 0.05) is 12.7 Å². The number of likely N-dealkylation sites (N-methyl/N-ethyl adjacent to an activating group) is 1. The normalized spacial score (nSPS) is 21.5. The first-order valence-corrected chi connectivity index (χ1v) is 10.5. The molecule has 2 atom stereocenters. The highest BCUT2D eigenvalue weighted by Gasteiger charge is 2.41. The molecule has 1 amide bonds. The fourth-order valence-electron chi connectivity index (χ4n) is 3.05. The molecular weight excluding hydrogens is 466 g/mol. The second-order valence-electron chi connectivity index (χ2n) is 6.68. The van der Waals surface area contributed by atoms with Gasteiger partial charge in [-0.25, -0.2) is 4.39 Å². The Kier molecular flexibility index (Phi) is 6.46. The molecule has 2 aromatic rings. The summed E-state index contributed by atoms with van der Waals surface area (Å²) in [5.74, 6) is -1.93. The molecule has 1 fully saturated rings. The molecule has 1 heterocycles. The molecule has 31 heavy (non-hydrogen) atoms. The van der Waals surface area contributed by atoms with E-state index in [2.05, 4.69) is 14.8 Å². The van der Waals surface area contributed by atoms with Crippen LogP contribution in [0.4, 0.5) is 23.2 Å². The number of carbonyl (C=O) groups is 1. The molecule has 1 unspecified atom stereocenters. The van der Waals surface area contributed by atoms with Crippen LogP contribution in [-0.4, -0.2) is 38.1 Å². The second-order valence-corrected chi connectivity index (χ2v) is 8.85. The van der Waals surface area contributed by atoms with Crippen molar-refractivity contribution in [3.63, 3.8) is 0 Å². The number of hydrogen-bond donors (Lipinski definition) is 2. The van der Waals surface area contributed by atoms with Gasteiger partial charge in [-0.1, -0.05) is 23.7 Å². The van der Waals surface area contributed by atoms with Crippen LogP contribution < -0.4 is 14.8 Å². The zero-order valence-electron chi connectivity index (χ0n) is 15.8. The maximum Gasteiger partial charge on any atom is 0.573 e. The van der Waals surface area contributed by atoms with Crippen molar-refractivity contribution < 1.29 is 35.5 Å². The number of anilines is 1. The van der Waals surface area contributed by atoms with Crippen molar-refractivity contribution in [1.29, 1.82) is 0 Å². The Hall–Kier alpha value is -2.41. The van der Waals surface area contributed by atoms with Crippen LogP contribution in [0.2, 0.25) is 5.02 Å². The smallest absolute Gasteiger partial charge is 0.406 e. The Morgan fingerprint density at radius 3 is 2.61 bits per heavy atom. The summed E-state index contributed by atoms with van der Waals surface area (Å²) >= 11 is 5.69. The van der Waals surface area contributed by atoms with E-state index >= 15 is 0 Å². The Labute approximate surface area is 180 Å². The SMILES string of the molecule is CN1[C@@H](C(=O)Nc2ccc(F)c(Cl)c2)CC(c2cccc(OC(F)(F)F)c2)NS1(=O)=O. The van der Waals surface area contributed by atoms with E-state index in [1.807, 2.05) is 0 Å². The van der Waals surface area contributed by atoms with Gasteiger partial charge >= 0.3 is 6.36 Å². The van der Waals surface area contributed by atoms with E-state index in [9.17, 15) is 30.8 Å². The summed E-state index contributed by atoms with van der Waals surface area (Å²) in [4.78, 5) is 12.7. The zero-order chi connectivity index (χ0) is 23.0. The molecule has 0 aromatic heterocycles. The van der Waals surface area contributed by atoms with E-state index in [1.165, 1.54) is 31.3 Å². The van der Waals surface area contributed by atoms with Crippen LogP contribution in [0.25, 0.3) is 0 Å². The predicted octanol–water partition coefficient (Wildman–Crippen LogP) is 3.60. The van der Waals surface area contributed by atoms with Crippen LogP contribution in [0.1, 0.15) is 18.0 Å². The number of nitrogens with zero attached hydrogens (tertiary/aromatic N) is 1. The molecule has 168 valence electrons. The summed E-state index contributed by atoms with van der Waals surface area (Å²) in [7, 11) is -2.95. The molecule has 13 heteroatoms. The van der Waals surface area contributed by atoms with Crippen molar-refractivity contribution in [1.82, 2.24) is 9.03 Å². The molecule has 2 N–H and O–H groups in total. The van der Waals surface area contributed by atoms with Gasteiger partial charge in [-0.3, -0.25) is 4.79 Å². The van der Waals surface area contributed by atoms with Gasteiger partial charge in [-0.15, -0.1) is 13.2 Å². The van der Waals surface area contributed by atoms with E-state index < -0.39 is 46.1 Å². The van der Waals surface area contributed by atoms with Crippen molar-refractivity contribution in [2.45, 2.75) is 24.9 Å². The standard InChI is InChI=1S/C18H16ClF4N3O4S/c1-26-16(17(27)24-11-5-6-14(20)13(19)8-11)9-15(25-31(26,28)29)10-3-2-4-12(7-10)30-18(21,22)23/h2-8,15-16,25H,9H2,1H3,(H,24,27)/t15?,16-/m1/s1. The number of benzene rings is 2. The molecule has 0 radical (unpaired) electrons. The number of ether oxygens (including phenoxy) is 1. The highest BCUT2D eigenvalue weighted by molar-refractivity contribution is 7.87. The number of hydrogen-bond acceptors (Lipinski definition) is 4. The van der Waals surface area contributed by atoms with Crippen molar-refractivity contribution in [3.05, 3.63) is 58.9 Å². The lowest BCUT2D eigenvalue weighted by Crippen LogP contribution is -2.55. The van der Waals surface area contributed by atoms with Crippen LogP contribution in [0.15, 0.2) is 42.5 Å². The quantitative estimate of drug-likeness (QED) is 0.653. The first-order chi connectivity index (χ1) is 14.4. The van der Waals surface area contributed by atoms with Gasteiger partial charge in [0.25, 0.3) is 10.2 Å². The van der Waals surface area contributed by atoms with E-state index in [1.54, 1.807) is 0 Å². The lowest BCUT2D eigenvalue weighted by atomic mass is 9.99. The summed E-state index contributed by atoms with van der Waals surface area (Å²) < 4.78 is 82.8. The molecule has 0 spiro atoms. The summed E-state index contributed by atoms with van der Waals surface area (Å²) in [6.07, 6.45) is -5.00. The number of alkyl halides is 3. The molecule has 1 saturated heterocycles. The minimum Gasteiger partial charge on any atom is -0.406 e. The largest absolute Gasteiger partial charge is 0.573 e. The van der Waals surface area contributed by atoms with Gasteiger partial charge in [0.05, 0.1) is 11.1 Å². The maximum absolute atomic E-state index is 13.3. The summed E-state index contributed by atoms with van der Waals surface area (Å²) in [5.41, 5.74) is 0.332. The maximum atomic E-state index is 13.3. The summed E-state index contributed by atoms with van der Waals surface area (Å²) in [5, 5.41) is 2.23. The number of halogens is 5. The molecule has 0 bridgehead atoms. The zero-order valence-corrected chi connectivity index (χ0v) is 17.4. The van der Waals surface area contributed by atoms with Crippen molar-refractivity contribution in [2.24, 2.45) is 0 Å². The van der Waals surface area contributed by atoms with Crippen molar-refractivity contribution in [2.75, 3.05) is 12.4 Å². The van der Waals surface area contributed by atoms with Gasteiger partial charge in [0.1, 0.15) is 17.6 Å². The average molecular weight is 482 g/mol. The third kappa shape index (κ3) is 5.64. The lowest BCUT2D eigenvalue weighted by Gasteiger charge is -2.36.